The van der Waals surface area contributed by atoms with Crippen LogP contribution in [0.1, 0.15) is 25.4 Å². The van der Waals surface area contributed by atoms with Crippen molar-refractivity contribution in [3.05, 3.63) is 98.0 Å². The first-order chi connectivity index (χ1) is 19.1. The van der Waals surface area contributed by atoms with E-state index in [0.717, 1.165) is 0 Å². The Hall–Kier alpha value is -4.05. The van der Waals surface area contributed by atoms with E-state index in [1.165, 1.54) is 29.2 Å². The largest absolute Gasteiger partial charge is 0.462 e. The third kappa shape index (κ3) is 6.39. The van der Waals surface area contributed by atoms with Crippen molar-refractivity contribution < 1.29 is 28.3 Å². The van der Waals surface area contributed by atoms with Crippen molar-refractivity contribution in [2.75, 3.05) is 16.8 Å². The minimum absolute atomic E-state index is 0.0804. The van der Waals surface area contributed by atoms with Crippen LogP contribution in [0.2, 0.25) is 15.1 Å². The van der Waals surface area contributed by atoms with E-state index in [0.29, 0.717) is 32.9 Å². The van der Waals surface area contributed by atoms with Gasteiger partial charge in [-0.2, -0.15) is 0 Å². The summed E-state index contributed by atoms with van der Waals surface area (Å²) in [5.41, 5.74) is 1.41. The first-order valence-electron chi connectivity index (χ1n) is 11.9. The molecule has 0 bridgehead atoms. The molecule has 3 amide bonds. The van der Waals surface area contributed by atoms with E-state index >= 15 is 0 Å². The Morgan fingerprint density at radius 2 is 1.70 bits per heavy atom. The second-order valence-electron chi connectivity index (χ2n) is 8.43. The van der Waals surface area contributed by atoms with E-state index in [2.05, 4.69) is 10.6 Å². The number of amides is 3. The van der Waals surface area contributed by atoms with E-state index in [4.69, 9.17) is 44.0 Å². The second-order valence-corrected chi connectivity index (χ2v) is 9.68. The van der Waals surface area contributed by atoms with Crippen LogP contribution in [0, 0.1) is 0 Å². The summed E-state index contributed by atoms with van der Waals surface area (Å²) in [6.45, 7) is 3.33. The number of halogens is 3. The SMILES string of the molecule is CCOC(=O)C1=C(C)N(c2ccc(Cl)cc2)C(=O)/C1=C/c1ccc(CNC(=O)C(=O)Nc2ccc(Cl)c(Cl)c2)o1. The molecule has 1 aliphatic rings. The van der Waals surface area contributed by atoms with Crippen LogP contribution in [0.3, 0.4) is 0 Å². The molecule has 0 aliphatic carbocycles. The van der Waals surface area contributed by atoms with Gasteiger partial charge in [0.2, 0.25) is 0 Å². The first-order valence-corrected chi connectivity index (χ1v) is 13.1. The summed E-state index contributed by atoms with van der Waals surface area (Å²) in [5, 5.41) is 5.91. The maximum absolute atomic E-state index is 13.4. The normalized spacial score (nSPS) is 14.1. The lowest BCUT2D eigenvalue weighted by atomic mass is 10.1. The molecule has 1 aliphatic heterocycles. The maximum atomic E-state index is 13.4. The van der Waals surface area contributed by atoms with Gasteiger partial charge >= 0.3 is 17.8 Å². The van der Waals surface area contributed by atoms with E-state index < -0.39 is 23.7 Å². The van der Waals surface area contributed by atoms with Gasteiger partial charge in [-0.15, -0.1) is 0 Å². The fourth-order valence-corrected chi connectivity index (χ4v) is 4.33. The van der Waals surface area contributed by atoms with E-state index in [1.54, 1.807) is 50.2 Å². The van der Waals surface area contributed by atoms with Crippen LogP contribution < -0.4 is 15.5 Å². The lowest BCUT2D eigenvalue weighted by molar-refractivity contribution is -0.138. The zero-order valence-corrected chi connectivity index (χ0v) is 23.5. The van der Waals surface area contributed by atoms with Crippen LogP contribution in [0.5, 0.6) is 0 Å². The Labute approximate surface area is 244 Å². The predicted octanol–water partition coefficient (Wildman–Crippen LogP) is 5.76. The maximum Gasteiger partial charge on any atom is 0.340 e. The number of hydrogen-bond acceptors (Lipinski definition) is 6. The molecule has 0 spiro atoms. The molecule has 3 aromatic rings. The van der Waals surface area contributed by atoms with Gasteiger partial charge in [0, 0.05) is 22.1 Å². The molecule has 2 heterocycles. The van der Waals surface area contributed by atoms with Gasteiger partial charge in [0.25, 0.3) is 5.91 Å². The molecule has 0 saturated heterocycles. The van der Waals surface area contributed by atoms with Crippen molar-refractivity contribution in [2.45, 2.75) is 20.4 Å². The van der Waals surface area contributed by atoms with E-state index in [9.17, 15) is 19.2 Å². The van der Waals surface area contributed by atoms with Crippen molar-refractivity contribution in [3.8, 4) is 0 Å². The highest BCUT2D eigenvalue weighted by Gasteiger charge is 2.38. The lowest BCUT2D eigenvalue weighted by Crippen LogP contribution is -2.34. The molecule has 0 saturated carbocycles. The molecule has 1 aromatic heterocycles. The molecule has 40 heavy (non-hydrogen) atoms. The van der Waals surface area contributed by atoms with Crippen LogP contribution in [-0.2, 0) is 30.5 Å². The van der Waals surface area contributed by atoms with E-state index in [-0.39, 0.29) is 35.1 Å². The molecule has 4 rings (SSSR count). The number of esters is 1. The summed E-state index contributed by atoms with van der Waals surface area (Å²) in [6, 6.07) is 14.2. The fourth-order valence-electron chi connectivity index (χ4n) is 3.90. The number of benzene rings is 2. The first kappa shape index (κ1) is 28.9. The Morgan fingerprint density at radius 1 is 0.975 bits per heavy atom. The fraction of sp³-hybridized carbons (Fsp3) is 0.143. The quantitative estimate of drug-likeness (QED) is 0.202. The number of carbonyl (C=O) groups is 4. The van der Waals surface area contributed by atoms with Crippen LogP contribution in [0.4, 0.5) is 11.4 Å². The van der Waals surface area contributed by atoms with Crippen molar-refractivity contribution >= 4 is 75.9 Å². The van der Waals surface area contributed by atoms with Gasteiger partial charge < -0.3 is 19.8 Å². The van der Waals surface area contributed by atoms with Gasteiger partial charge in [-0.05, 0) is 74.5 Å². The molecule has 2 aromatic carbocycles. The van der Waals surface area contributed by atoms with Gasteiger partial charge in [-0.1, -0.05) is 34.8 Å². The van der Waals surface area contributed by atoms with Gasteiger partial charge in [0.1, 0.15) is 11.5 Å². The smallest absolute Gasteiger partial charge is 0.340 e. The highest BCUT2D eigenvalue weighted by molar-refractivity contribution is 6.43. The summed E-state index contributed by atoms with van der Waals surface area (Å²) in [4.78, 5) is 52.1. The van der Waals surface area contributed by atoms with Crippen molar-refractivity contribution in [1.82, 2.24) is 5.32 Å². The molecule has 9 nitrogen and oxygen atoms in total. The minimum atomic E-state index is -0.911. The lowest BCUT2D eigenvalue weighted by Gasteiger charge is -2.17. The number of carbonyl (C=O) groups excluding carboxylic acids is 4. The molecule has 0 atom stereocenters. The number of anilines is 2. The molecule has 12 heteroatoms. The van der Waals surface area contributed by atoms with E-state index in [1.807, 2.05) is 0 Å². The summed E-state index contributed by atoms with van der Waals surface area (Å²) < 4.78 is 10.9. The highest BCUT2D eigenvalue weighted by atomic mass is 35.5. The number of nitrogens with zero attached hydrogens (tertiary/aromatic N) is 1. The third-order valence-electron chi connectivity index (χ3n) is 5.74. The molecular formula is C28H22Cl3N3O6. The molecule has 0 fully saturated rings. The molecule has 206 valence electrons. The molecule has 0 radical (unpaired) electrons. The molecule has 0 unspecified atom stereocenters. The number of allylic oxidation sites excluding steroid dienone is 1. The standard InChI is InChI=1S/C28H22Cl3N3O6/c1-3-39-28(38)24-15(2)34(18-7-4-16(29)5-8-18)27(37)21(24)13-19-9-10-20(40-19)14-32-25(35)26(36)33-17-6-11-22(30)23(31)12-17/h4-13H,3,14H2,1-2H3,(H,32,35)(H,33,36)/b21-13+. The van der Waals surface area contributed by atoms with Gasteiger partial charge in [0.05, 0.1) is 34.3 Å². The Balaban J connectivity index is 1.49. The molecule has 2 N–H and O–H groups in total. The summed E-state index contributed by atoms with van der Waals surface area (Å²) >= 11 is 17.8. The second kappa shape index (κ2) is 12.4. The topological polar surface area (TPSA) is 118 Å². The zero-order chi connectivity index (χ0) is 29.0. The number of rotatable bonds is 7. The van der Waals surface area contributed by atoms with Gasteiger partial charge in [0.15, 0.2) is 0 Å². The van der Waals surface area contributed by atoms with Gasteiger partial charge in [-0.3, -0.25) is 19.3 Å². The summed E-state index contributed by atoms with van der Waals surface area (Å²) in [6.07, 6.45) is 1.43. The average molecular weight is 603 g/mol. The van der Waals surface area contributed by atoms with Crippen molar-refractivity contribution in [3.63, 3.8) is 0 Å². The number of ether oxygens (including phenoxy) is 1. The average Bonchev–Trinajstić information content (AvgIpc) is 3.47. The third-order valence-corrected chi connectivity index (χ3v) is 6.73. The van der Waals surface area contributed by atoms with Crippen LogP contribution in [0.25, 0.3) is 6.08 Å². The summed E-state index contributed by atoms with van der Waals surface area (Å²) in [5.74, 6) is -2.36. The Bertz CT molecular complexity index is 1560. The monoisotopic (exact) mass is 601 g/mol. The number of nitrogens with one attached hydrogen (secondary N) is 2. The van der Waals surface area contributed by atoms with Crippen LogP contribution >= 0.6 is 34.8 Å². The Kier molecular flexibility index (Phi) is 8.99. The highest BCUT2D eigenvalue weighted by Crippen LogP contribution is 2.36. The predicted molar refractivity (Wildman–Crippen MR) is 152 cm³/mol. The van der Waals surface area contributed by atoms with Gasteiger partial charge in [-0.25, -0.2) is 4.79 Å². The number of furan rings is 1. The van der Waals surface area contributed by atoms with Crippen LogP contribution in [0.15, 0.2) is 75.9 Å². The number of hydrogen-bond donors (Lipinski definition) is 2. The Morgan fingerprint density at radius 3 is 2.38 bits per heavy atom. The van der Waals surface area contributed by atoms with Crippen LogP contribution in [-0.4, -0.2) is 30.3 Å². The minimum Gasteiger partial charge on any atom is -0.462 e. The van der Waals surface area contributed by atoms with Crippen molar-refractivity contribution in [2.24, 2.45) is 0 Å². The summed E-state index contributed by atoms with van der Waals surface area (Å²) in [7, 11) is 0. The zero-order valence-electron chi connectivity index (χ0n) is 21.2. The molecular weight excluding hydrogens is 581 g/mol. The van der Waals surface area contributed by atoms with Crippen molar-refractivity contribution in [1.29, 1.82) is 0 Å².